The summed E-state index contributed by atoms with van der Waals surface area (Å²) in [4.78, 5) is 23.5. The van der Waals surface area contributed by atoms with E-state index in [0.29, 0.717) is 36.0 Å². The molecule has 2 N–H and O–H groups in total. The SMILES string of the molecule is O=C([C@H]1CC[C@H](NS(=O)(=O)c2ccc3[nH]c(-c4ccccc4)nc3c2)CC1)N1CCC2CCCCC2C1. The maximum atomic E-state index is 13.2. The van der Waals surface area contributed by atoms with Crippen molar-refractivity contribution in [3.8, 4) is 11.4 Å². The molecule has 2 unspecified atom stereocenters. The van der Waals surface area contributed by atoms with E-state index < -0.39 is 10.0 Å². The number of amides is 1. The van der Waals surface area contributed by atoms with E-state index in [1.54, 1.807) is 18.2 Å². The van der Waals surface area contributed by atoms with Crippen molar-refractivity contribution in [2.75, 3.05) is 13.1 Å². The van der Waals surface area contributed by atoms with Gasteiger partial charge >= 0.3 is 0 Å². The van der Waals surface area contributed by atoms with Crippen LogP contribution in [0.15, 0.2) is 53.4 Å². The number of rotatable bonds is 5. The van der Waals surface area contributed by atoms with Gasteiger partial charge in [-0.2, -0.15) is 0 Å². The summed E-state index contributed by atoms with van der Waals surface area (Å²) in [5.41, 5.74) is 2.38. The Kier molecular flexibility index (Phi) is 6.80. The summed E-state index contributed by atoms with van der Waals surface area (Å²) >= 11 is 0. The number of fused-ring (bicyclic) bond motifs is 2. The van der Waals surface area contributed by atoms with E-state index in [-0.39, 0.29) is 16.9 Å². The van der Waals surface area contributed by atoms with E-state index in [1.165, 1.54) is 25.7 Å². The molecule has 1 amide bonds. The summed E-state index contributed by atoms with van der Waals surface area (Å²) in [7, 11) is -3.68. The van der Waals surface area contributed by atoms with Crippen molar-refractivity contribution in [3.05, 3.63) is 48.5 Å². The number of carbonyl (C=O) groups is 1. The van der Waals surface area contributed by atoms with Gasteiger partial charge in [-0.15, -0.1) is 0 Å². The van der Waals surface area contributed by atoms with E-state index >= 15 is 0 Å². The van der Waals surface area contributed by atoms with Crippen molar-refractivity contribution in [1.29, 1.82) is 0 Å². The number of carbonyl (C=O) groups excluding carboxylic acids is 1. The fraction of sp³-hybridized carbons (Fsp3) is 0.517. The van der Waals surface area contributed by atoms with Crippen LogP contribution in [-0.2, 0) is 14.8 Å². The van der Waals surface area contributed by atoms with Crippen LogP contribution in [0.25, 0.3) is 22.4 Å². The molecule has 0 bridgehead atoms. The van der Waals surface area contributed by atoms with Gasteiger partial charge in [0.2, 0.25) is 15.9 Å². The molecule has 3 aromatic rings. The van der Waals surface area contributed by atoms with Gasteiger partial charge in [-0.05, 0) is 68.6 Å². The van der Waals surface area contributed by atoms with Gasteiger partial charge in [0.1, 0.15) is 5.82 Å². The van der Waals surface area contributed by atoms with Crippen LogP contribution in [0.3, 0.4) is 0 Å². The van der Waals surface area contributed by atoms with Crippen molar-refractivity contribution in [3.63, 3.8) is 0 Å². The molecule has 1 aromatic heterocycles. The van der Waals surface area contributed by atoms with Crippen LogP contribution in [0.1, 0.15) is 57.8 Å². The highest BCUT2D eigenvalue weighted by atomic mass is 32.2. The van der Waals surface area contributed by atoms with E-state index in [0.717, 1.165) is 49.4 Å². The predicted molar refractivity (Wildman–Crippen MR) is 144 cm³/mol. The van der Waals surface area contributed by atoms with Gasteiger partial charge in [-0.1, -0.05) is 49.6 Å². The molecule has 2 atom stereocenters. The molecule has 8 heteroatoms. The third-order valence-corrected chi connectivity index (χ3v) is 10.3. The van der Waals surface area contributed by atoms with Gasteiger partial charge < -0.3 is 9.88 Å². The Morgan fingerprint density at radius 3 is 2.46 bits per heavy atom. The average molecular weight is 521 g/mol. The number of aromatic amines is 1. The second-order valence-electron chi connectivity index (χ2n) is 11.2. The first-order chi connectivity index (χ1) is 18.0. The molecular formula is C29H36N4O3S. The quantitative estimate of drug-likeness (QED) is 0.489. The zero-order valence-electron chi connectivity index (χ0n) is 21.2. The first kappa shape index (κ1) is 24.6. The topological polar surface area (TPSA) is 95.2 Å². The number of hydrogen-bond donors (Lipinski definition) is 2. The minimum Gasteiger partial charge on any atom is -0.342 e. The number of sulfonamides is 1. The second-order valence-corrected chi connectivity index (χ2v) is 12.9. The number of hydrogen-bond acceptors (Lipinski definition) is 4. The monoisotopic (exact) mass is 520 g/mol. The van der Waals surface area contributed by atoms with E-state index in [1.807, 2.05) is 30.3 Å². The molecule has 0 radical (unpaired) electrons. The Morgan fingerprint density at radius 2 is 1.68 bits per heavy atom. The third-order valence-electron chi connectivity index (χ3n) is 8.81. The molecule has 196 valence electrons. The number of H-pyrrole nitrogens is 1. The van der Waals surface area contributed by atoms with Crippen LogP contribution < -0.4 is 4.72 Å². The van der Waals surface area contributed by atoms with Crippen LogP contribution in [0, 0.1) is 17.8 Å². The standard InChI is InChI=1S/C29H36N4O3S/c34-29(33-17-16-20-6-4-5-9-23(20)19-33)22-10-12-24(13-11-22)32-37(35,36)25-14-15-26-27(18-25)31-28(30-26)21-7-2-1-3-8-21/h1-3,7-8,14-15,18,20,22-24,32H,4-6,9-13,16-17,19H2,(H,30,31)/t20?,22-,23?,24-. The molecule has 1 saturated heterocycles. The molecule has 37 heavy (non-hydrogen) atoms. The van der Waals surface area contributed by atoms with Crippen molar-refractivity contribution in [2.45, 2.75) is 68.7 Å². The Bertz CT molecular complexity index is 1360. The predicted octanol–water partition coefficient (Wildman–Crippen LogP) is 5.11. The van der Waals surface area contributed by atoms with Gasteiger partial charge in [0, 0.05) is 30.6 Å². The zero-order chi connectivity index (χ0) is 25.4. The lowest BCUT2D eigenvalue weighted by atomic mass is 9.74. The molecule has 2 saturated carbocycles. The fourth-order valence-corrected chi connectivity index (χ4v) is 8.02. The molecular weight excluding hydrogens is 484 g/mol. The number of benzene rings is 2. The molecule has 1 aliphatic heterocycles. The Labute approximate surface area is 219 Å². The van der Waals surface area contributed by atoms with Gasteiger partial charge in [-0.25, -0.2) is 18.1 Å². The summed E-state index contributed by atoms with van der Waals surface area (Å²) < 4.78 is 29.3. The number of nitrogens with one attached hydrogen (secondary N) is 2. The smallest absolute Gasteiger partial charge is 0.240 e. The van der Waals surface area contributed by atoms with Crippen molar-refractivity contribution in [2.24, 2.45) is 17.8 Å². The van der Waals surface area contributed by atoms with Crippen molar-refractivity contribution in [1.82, 2.24) is 19.6 Å². The number of likely N-dealkylation sites (tertiary alicyclic amines) is 1. The molecule has 0 spiro atoms. The normalized spacial score (nSPS) is 26.6. The lowest BCUT2D eigenvalue weighted by Crippen LogP contribution is -2.48. The fourth-order valence-electron chi connectivity index (χ4n) is 6.69. The number of nitrogens with zero attached hydrogens (tertiary/aromatic N) is 2. The van der Waals surface area contributed by atoms with Gasteiger partial charge in [0.05, 0.1) is 15.9 Å². The first-order valence-corrected chi connectivity index (χ1v) is 15.3. The highest BCUT2D eigenvalue weighted by Crippen LogP contribution is 2.37. The van der Waals surface area contributed by atoms with Gasteiger partial charge in [0.25, 0.3) is 0 Å². The van der Waals surface area contributed by atoms with Gasteiger partial charge in [-0.3, -0.25) is 4.79 Å². The molecule has 7 nitrogen and oxygen atoms in total. The largest absolute Gasteiger partial charge is 0.342 e. The van der Waals surface area contributed by atoms with Crippen LogP contribution >= 0.6 is 0 Å². The van der Waals surface area contributed by atoms with E-state index in [9.17, 15) is 13.2 Å². The summed E-state index contributed by atoms with van der Waals surface area (Å²) in [6, 6.07) is 14.7. The Balaban J connectivity index is 1.07. The molecule has 2 heterocycles. The molecule has 3 fully saturated rings. The minimum absolute atomic E-state index is 0.0257. The third kappa shape index (κ3) is 5.18. The van der Waals surface area contributed by atoms with Crippen LogP contribution in [0.2, 0.25) is 0 Å². The van der Waals surface area contributed by atoms with Crippen LogP contribution in [0.4, 0.5) is 0 Å². The van der Waals surface area contributed by atoms with Crippen molar-refractivity contribution >= 4 is 27.0 Å². The molecule has 2 aromatic carbocycles. The Morgan fingerprint density at radius 1 is 0.919 bits per heavy atom. The molecule has 6 rings (SSSR count). The lowest BCUT2D eigenvalue weighted by molar-refractivity contribution is -0.139. The zero-order valence-corrected chi connectivity index (χ0v) is 22.1. The van der Waals surface area contributed by atoms with E-state index in [2.05, 4.69) is 19.6 Å². The molecule has 2 aliphatic carbocycles. The summed E-state index contributed by atoms with van der Waals surface area (Å²) in [5.74, 6) is 2.54. The Hall–Kier alpha value is -2.71. The van der Waals surface area contributed by atoms with Crippen molar-refractivity contribution < 1.29 is 13.2 Å². The maximum absolute atomic E-state index is 13.2. The number of aromatic nitrogens is 2. The number of imidazole rings is 1. The maximum Gasteiger partial charge on any atom is 0.240 e. The lowest BCUT2D eigenvalue weighted by Gasteiger charge is -2.43. The summed E-state index contributed by atoms with van der Waals surface area (Å²) in [6.45, 7) is 1.83. The highest BCUT2D eigenvalue weighted by Gasteiger charge is 2.36. The minimum atomic E-state index is -3.68. The second kappa shape index (κ2) is 10.2. The van der Waals surface area contributed by atoms with Crippen LogP contribution in [0.5, 0.6) is 0 Å². The summed E-state index contributed by atoms with van der Waals surface area (Å²) in [6.07, 6.45) is 9.27. The molecule has 3 aliphatic rings. The van der Waals surface area contributed by atoms with Gasteiger partial charge in [0.15, 0.2) is 0 Å². The average Bonchev–Trinajstić information content (AvgIpc) is 3.37. The van der Waals surface area contributed by atoms with Crippen LogP contribution in [-0.4, -0.2) is 48.3 Å². The van der Waals surface area contributed by atoms with E-state index in [4.69, 9.17) is 0 Å². The summed E-state index contributed by atoms with van der Waals surface area (Å²) in [5, 5.41) is 0. The first-order valence-electron chi connectivity index (χ1n) is 13.8. The highest BCUT2D eigenvalue weighted by molar-refractivity contribution is 7.89. The number of piperidine rings is 1.